The minimum atomic E-state index is -3.71. The summed E-state index contributed by atoms with van der Waals surface area (Å²) in [5.74, 6) is 0.548. The maximum Gasteiger partial charge on any atom is 0.251 e. The molecule has 0 radical (unpaired) electrons. The summed E-state index contributed by atoms with van der Waals surface area (Å²) >= 11 is 0. The Balaban J connectivity index is 1.78. The van der Waals surface area contributed by atoms with E-state index in [4.69, 9.17) is 9.88 Å². The zero-order chi connectivity index (χ0) is 20.4. The lowest BCUT2D eigenvalue weighted by Gasteiger charge is -2.08. The Kier molecular flexibility index (Phi) is 8.47. The van der Waals surface area contributed by atoms with Gasteiger partial charge in [-0.05, 0) is 48.4 Å². The molecule has 0 bridgehead atoms. The first kappa shape index (κ1) is 21.9. The van der Waals surface area contributed by atoms with Crippen LogP contribution in [-0.2, 0) is 16.6 Å². The average Bonchev–Trinajstić information content (AvgIpc) is 2.69. The summed E-state index contributed by atoms with van der Waals surface area (Å²) in [5, 5.41) is 7.87. The molecular weight excluding hydrogens is 376 g/mol. The molecule has 0 saturated carbocycles. The molecule has 0 spiro atoms. The fraction of sp³-hybridized carbons (Fsp3) is 0.381. The van der Waals surface area contributed by atoms with Crippen LogP contribution in [0.1, 0.15) is 54.9 Å². The number of hydrogen-bond acceptors (Lipinski definition) is 4. The van der Waals surface area contributed by atoms with Gasteiger partial charge in [0, 0.05) is 12.1 Å². The molecule has 28 heavy (non-hydrogen) atoms. The number of unbranched alkanes of at least 4 members (excludes halogenated alkanes) is 4. The second-order valence-electron chi connectivity index (χ2n) is 6.66. The molecule has 7 heteroatoms. The van der Waals surface area contributed by atoms with Crippen LogP contribution in [0.4, 0.5) is 0 Å². The van der Waals surface area contributed by atoms with Gasteiger partial charge in [-0.15, -0.1) is 0 Å². The number of nitrogens with two attached hydrogens (primary N) is 1. The summed E-state index contributed by atoms with van der Waals surface area (Å²) in [4.78, 5) is 12.3. The number of carbonyl (C=O) groups is 1. The largest absolute Gasteiger partial charge is 0.494 e. The van der Waals surface area contributed by atoms with Crippen LogP contribution in [0.25, 0.3) is 0 Å². The van der Waals surface area contributed by atoms with E-state index in [1.54, 1.807) is 36.4 Å². The van der Waals surface area contributed by atoms with Gasteiger partial charge >= 0.3 is 0 Å². The van der Waals surface area contributed by atoms with E-state index < -0.39 is 10.0 Å². The predicted octanol–water partition coefficient (Wildman–Crippen LogP) is 3.61. The molecule has 152 valence electrons. The van der Waals surface area contributed by atoms with E-state index in [-0.39, 0.29) is 10.8 Å². The van der Waals surface area contributed by atoms with Crippen LogP contribution in [0.3, 0.4) is 0 Å². The van der Waals surface area contributed by atoms with E-state index in [0.29, 0.717) is 18.7 Å². The zero-order valence-corrected chi connectivity index (χ0v) is 17.0. The van der Waals surface area contributed by atoms with Gasteiger partial charge in [0.05, 0.1) is 11.5 Å². The van der Waals surface area contributed by atoms with Crippen LogP contribution in [0.5, 0.6) is 5.75 Å². The molecule has 0 aliphatic rings. The van der Waals surface area contributed by atoms with Gasteiger partial charge in [-0.2, -0.15) is 0 Å². The van der Waals surface area contributed by atoms with E-state index in [1.165, 1.54) is 37.8 Å². The number of rotatable bonds is 11. The van der Waals surface area contributed by atoms with Crippen LogP contribution in [0, 0.1) is 0 Å². The monoisotopic (exact) mass is 404 g/mol. The van der Waals surface area contributed by atoms with Gasteiger partial charge in [-0.3, -0.25) is 4.79 Å². The third-order valence-corrected chi connectivity index (χ3v) is 5.27. The van der Waals surface area contributed by atoms with Crippen molar-refractivity contribution < 1.29 is 17.9 Å². The van der Waals surface area contributed by atoms with Crippen molar-refractivity contribution in [2.24, 2.45) is 5.14 Å². The number of benzene rings is 2. The van der Waals surface area contributed by atoms with Crippen LogP contribution in [0.15, 0.2) is 53.4 Å². The summed E-state index contributed by atoms with van der Waals surface area (Å²) in [6.45, 7) is 3.17. The first-order valence-corrected chi connectivity index (χ1v) is 11.1. The lowest BCUT2D eigenvalue weighted by molar-refractivity contribution is 0.0951. The van der Waals surface area contributed by atoms with Crippen molar-refractivity contribution in [3.63, 3.8) is 0 Å². The number of ether oxygens (including phenoxy) is 1. The highest BCUT2D eigenvalue weighted by molar-refractivity contribution is 7.89. The molecule has 2 rings (SSSR count). The van der Waals surface area contributed by atoms with Crippen LogP contribution >= 0.6 is 0 Å². The number of hydrogen-bond donors (Lipinski definition) is 2. The Bertz CT molecular complexity index is 847. The van der Waals surface area contributed by atoms with Gasteiger partial charge in [0.2, 0.25) is 10.0 Å². The Morgan fingerprint density at radius 3 is 2.21 bits per heavy atom. The molecule has 3 N–H and O–H groups in total. The standard InChI is InChI=1S/C21H28N2O4S/c1-2-3-4-5-6-15-27-19-11-9-18(10-12-19)21(24)23-16-17-7-13-20(14-8-17)28(22,25)26/h7-14H,2-6,15-16H2,1H3,(H,23,24)(H2,22,25,26). The van der Waals surface area contributed by atoms with E-state index in [2.05, 4.69) is 12.2 Å². The molecule has 6 nitrogen and oxygen atoms in total. The summed E-state index contributed by atoms with van der Waals surface area (Å²) in [6, 6.07) is 13.1. The molecular formula is C21H28N2O4S. The number of amides is 1. The van der Waals surface area contributed by atoms with Crippen molar-refractivity contribution in [2.75, 3.05) is 6.61 Å². The Morgan fingerprint density at radius 2 is 1.61 bits per heavy atom. The Morgan fingerprint density at radius 1 is 0.964 bits per heavy atom. The summed E-state index contributed by atoms with van der Waals surface area (Å²) in [6.07, 6.45) is 5.94. The van der Waals surface area contributed by atoms with Crippen molar-refractivity contribution in [3.8, 4) is 5.75 Å². The van der Waals surface area contributed by atoms with Crippen LogP contribution in [-0.4, -0.2) is 20.9 Å². The lowest BCUT2D eigenvalue weighted by Crippen LogP contribution is -2.22. The lowest BCUT2D eigenvalue weighted by atomic mass is 10.1. The number of sulfonamides is 1. The maximum absolute atomic E-state index is 12.2. The smallest absolute Gasteiger partial charge is 0.251 e. The molecule has 0 aliphatic carbocycles. The second-order valence-corrected chi connectivity index (χ2v) is 8.22. The topological polar surface area (TPSA) is 98.5 Å². The number of nitrogens with one attached hydrogen (secondary N) is 1. The molecule has 2 aromatic rings. The van der Waals surface area contributed by atoms with E-state index in [0.717, 1.165) is 17.7 Å². The fourth-order valence-electron chi connectivity index (χ4n) is 2.68. The quantitative estimate of drug-likeness (QED) is 0.559. The molecule has 0 aliphatic heterocycles. The molecule has 0 unspecified atom stereocenters. The fourth-order valence-corrected chi connectivity index (χ4v) is 3.19. The molecule has 0 aromatic heterocycles. The highest BCUT2D eigenvalue weighted by Crippen LogP contribution is 2.14. The van der Waals surface area contributed by atoms with Gasteiger partial charge in [0.15, 0.2) is 0 Å². The van der Waals surface area contributed by atoms with Crippen LogP contribution < -0.4 is 15.2 Å². The van der Waals surface area contributed by atoms with E-state index >= 15 is 0 Å². The normalized spacial score (nSPS) is 11.2. The summed E-state index contributed by atoms with van der Waals surface area (Å²) < 4.78 is 28.2. The summed E-state index contributed by atoms with van der Waals surface area (Å²) in [5.41, 5.74) is 1.32. The zero-order valence-electron chi connectivity index (χ0n) is 16.2. The Hall–Kier alpha value is -2.38. The summed E-state index contributed by atoms with van der Waals surface area (Å²) in [7, 11) is -3.71. The Labute approximate surface area is 167 Å². The highest BCUT2D eigenvalue weighted by Gasteiger charge is 2.08. The van der Waals surface area contributed by atoms with Crippen molar-refractivity contribution >= 4 is 15.9 Å². The second kappa shape index (κ2) is 10.8. The molecule has 0 fully saturated rings. The van der Waals surface area contributed by atoms with Crippen molar-refractivity contribution in [1.82, 2.24) is 5.32 Å². The molecule has 0 atom stereocenters. The molecule has 1 amide bonds. The third kappa shape index (κ3) is 7.32. The first-order chi connectivity index (χ1) is 13.4. The predicted molar refractivity (Wildman–Crippen MR) is 110 cm³/mol. The number of primary sulfonamides is 1. The third-order valence-electron chi connectivity index (χ3n) is 4.34. The molecule has 0 heterocycles. The number of carbonyl (C=O) groups excluding carboxylic acids is 1. The van der Waals surface area contributed by atoms with Gasteiger partial charge in [0.1, 0.15) is 5.75 Å². The van der Waals surface area contributed by atoms with E-state index in [9.17, 15) is 13.2 Å². The van der Waals surface area contributed by atoms with Crippen molar-refractivity contribution in [2.45, 2.75) is 50.5 Å². The average molecular weight is 405 g/mol. The molecule has 0 saturated heterocycles. The van der Waals surface area contributed by atoms with E-state index in [1.807, 2.05) is 0 Å². The minimum Gasteiger partial charge on any atom is -0.494 e. The minimum absolute atomic E-state index is 0.0449. The van der Waals surface area contributed by atoms with Gasteiger partial charge < -0.3 is 10.1 Å². The van der Waals surface area contributed by atoms with Crippen molar-refractivity contribution in [1.29, 1.82) is 0 Å². The van der Waals surface area contributed by atoms with Gasteiger partial charge in [-0.25, -0.2) is 13.6 Å². The highest BCUT2D eigenvalue weighted by atomic mass is 32.2. The van der Waals surface area contributed by atoms with Gasteiger partial charge in [-0.1, -0.05) is 44.7 Å². The molecule has 2 aromatic carbocycles. The van der Waals surface area contributed by atoms with Crippen molar-refractivity contribution in [3.05, 3.63) is 59.7 Å². The maximum atomic E-state index is 12.2. The first-order valence-electron chi connectivity index (χ1n) is 9.53. The van der Waals surface area contributed by atoms with Gasteiger partial charge in [0.25, 0.3) is 5.91 Å². The van der Waals surface area contributed by atoms with Crippen LogP contribution in [0.2, 0.25) is 0 Å². The SMILES string of the molecule is CCCCCCCOc1ccc(C(=O)NCc2ccc(S(N)(=O)=O)cc2)cc1.